The molecule has 0 heterocycles. The summed E-state index contributed by atoms with van der Waals surface area (Å²) < 4.78 is 23.0. The second kappa shape index (κ2) is 12.6. The Balaban J connectivity index is 2.99. The van der Waals surface area contributed by atoms with Crippen molar-refractivity contribution in [2.45, 2.75) is 64.5 Å². The summed E-state index contributed by atoms with van der Waals surface area (Å²) in [5.41, 5.74) is 0.960. The molecule has 0 aromatic heterocycles. The van der Waals surface area contributed by atoms with Crippen molar-refractivity contribution >= 4 is 30.0 Å². The molecular formula is C21H33O4PS. The molecule has 4 nitrogen and oxygen atoms in total. The van der Waals surface area contributed by atoms with Gasteiger partial charge in [0.15, 0.2) is 5.78 Å². The third-order valence-electron chi connectivity index (χ3n) is 4.14. The minimum atomic E-state index is -3.38. The molecule has 0 fully saturated rings. The van der Waals surface area contributed by atoms with E-state index in [0.717, 1.165) is 42.6 Å². The van der Waals surface area contributed by atoms with Gasteiger partial charge in [-0.3, -0.25) is 4.79 Å². The molecule has 0 aliphatic rings. The Bertz CT molecular complexity index is 622. The smallest absolute Gasteiger partial charge is 0.301 e. The predicted molar refractivity (Wildman–Crippen MR) is 116 cm³/mol. The Morgan fingerprint density at radius 1 is 1.07 bits per heavy atom. The summed E-state index contributed by atoms with van der Waals surface area (Å²) in [5.74, 6) is -0.0625. The molecule has 0 amide bonds. The third kappa shape index (κ3) is 8.78. The number of rotatable bonds is 14. The Kier molecular flexibility index (Phi) is 11.2. The van der Waals surface area contributed by atoms with Crippen molar-refractivity contribution in [1.29, 1.82) is 0 Å². The van der Waals surface area contributed by atoms with Crippen molar-refractivity contribution in [2.75, 3.05) is 13.2 Å². The van der Waals surface area contributed by atoms with Gasteiger partial charge < -0.3 is 9.05 Å². The van der Waals surface area contributed by atoms with E-state index in [4.69, 9.17) is 9.05 Å². The first-order valence-electron chi connectivity index (χ1n) is 9.76. The minimum Gasteiger partial charge on any atom is -0.301 e. The highest BCUT2D eigenvalue weighted by Crippen LogP contribution is 2.66. The Hall–Kier alpha value is -0.870. The lowest BCUT2D eigenvalue weighted by atomic mass is 9.96. The Morgan fingerprint density at radius 2 is 1.70 bits per heavy atom. The number of allylic oxidation sites excluding steroid dienone is 1. The van der Waals surface area contributed by atoms with Crippen LogP contribution in [0.25, 0.3) is 6.08 Å². The normalized spacial score (nSPS) is 14.4. The minimum absolute atomic E-state index is 0.0625. The fourth-order valence-corrected chi connectivity index (χ4v) is 7.34. The summed E-state index contributed by atoms with van der Waals surface area (Å²) in [5, 5.41) is 0. The first-order valence-corrected chi connectivity index (χ1v) is 12.7. The van der Waals surface area contributed by atoms with Gasteiger partial charge in [-0.15, -0.1) is 0 Å². The zero-order chi connectivity index (χ0) is 20.2. The zero-order valence-corrected chi connectivity index (χ0v) is 18.7. The molecule has 27 heavy (non-hydrogen) atoms. The molecule has 152 valence electrons. The van der Waals surface area contributed by atoms with Crippen molar-refractivity contribution < 1.29 is 18.4 Å². The summed E-state index contributed by atoms with van der Waals surface area (Å²) in [7, 11) is 0. The van der Waals surface area contributed by atoms with Crippen LogP contribution in [-0.2, 0) is 18.4 Å². The first kappa shape index (κ1) is 24.2. The molecule has 6 heteroatoms. The van der Waals surface area contributed by atoms with E-state index in [1.807, 2.05) is 37.3 Å². The highest BCUT2D eigenvalue weighted by atomic mass is 32.7. The van der Waals surface area contributed by atoms with Gasteiger partial charge in [-0.1, -0.05) is 69.0 Å². The van der Waals surface area contributed by atoms with Gasteiger partial charge in [0.2, 0.25) is 0 Å². The SMILES string of the molecule is CCCCCCC(C)(SP(=O)(OCC)OCC)C(=O)/C=C/c1ccccc1. The van der Waals surface area contributed by atoms with Crippen molar-refractivity contribution in [2.24, 2.45) is 0 Å². The summed E-state index contributed by atoms with van der Waals surface area (Å²) in [6.07, 6.45) is 8.24. The average molecular weight is 413 g/mol. The maximum atomic E-state index is 13.0. The van der Waals surface area contributed by atoms with Crippen LogP contribution in [0.2, 0.25) is 0 Å². The van der Waals surface area contributed by atoms with E-state index < -0.39 is 11.5 Å². The fraction of sp³-hybridized carbons (Fsp3) is 0.571. The topological polar surface area (TPSA) is 52.6 Å². The van der Waals surface area contributed by atoms with Crippen LogP contribution in [-0.4, -0.2) is 23.7 Å². The molecule has 1 unspecified atom stereocenters. The predicted octanol–water partition coefficient (Wildman–Crippen LogP) is 6.91. The second-order valence-electron chi connectivity index (χ2n) is 6.52. The van der Waals surface area contributed by atoms with Crippen LogP contribution in [0.5, 0.6) is 0 Å². The standard InChI is InChI=1S/C21H33O4PS/c1-5-8-9-13-18-21(4,27-26(23,24-6-2)25-7-3)20(22)17-16-19-14-11-10-12-15-19/h10-12,14-17H,5-9,13,18H2,1-4H3/b17-16+. The number of benzene rings is 1. The van der Waals surface area contributed by atoms with Gasteiger partial charge in [-0.05, 0) is 50.2 Å². The largest absolute Gasteiger partial charge is 0.390 e. The van der Waals surface area contributed by atoms with E-state index in [2.05, 4.69) is 6.92 Å². The quantitative estimate of drug-likeness (QED) is 0.189. The van der Waals surface area contributed by atoms with Crippen LogP contribution in [0.1, 0.15) is 65.4 Å². The molecule has 0 aliphatic heterocycles. The highest BCUT2D eigenvalue weighted by molar-refractivity contribution is 8.56. The van der Waals surface area contributed by atoms with Crippen molar-refractivity contribution in [1.82, 2.24) is 0 Å². The van der Waals surface area contributed by atoms with Crippen LogP contribution in [0.4, 0.5) is 0 Å². The second-order valence-corrected chi connectivity index (χ2v) is 10.9. The zero-order valence-electron chi connectivity index (χ0n) is 17.0. The summed E-state index contributed by atoms with van der Waals surface area (Å²) >= 11 is 1.06. The van der Waals surface area contributed by atoms with E-state index in [-0.39, 0.29) is 19.0 Å². The van der Waals surface area contributed by atoms with Crippen molar-refractivity contribution in [3.8, 4) is 0 Å². The summed E-state index contributed by atoms with van der Waals surface area (Å²) in [6, 6.07) is 9.69. The van der Waals surface area contributed by atoms with Gasteiger partial charge in [0, 0.05) is 0 Å². The highest BCUT2D eigenvalue weighted by Gasteiger charge is 2.41. The molecule has 0 saturated heterocycles. The number of ketones is 1. The molecule has 0 radical (unpaired) electrons. The van der Waals surface area contributed by atoms with Crippen LogP contribution in [0, 0.1) is 0 Å². The van der Waals surface area contributed by atoms with Gasteiger partial charge in [-0.2, -0.15) is 0 Å². The average Bonchev–Trinajstić information content (AvgIpc) is 2.64. The molecule has 1 atom stereocenters. The molecule has 0 N–H and O–H groups in total. The van der Waals surface area contributed by atoms with Crippen LogP contribution >= 0.6 is 18.2 Å². The molecule has 1 rings (SSSR count). The Labute approximate surface area is 168 Å². The van der Waals surface area contributed by atoms with Crippen LogP contribution in [0.15, 0.2) is 36.4 Å². The fourth-order valence-electron chi connectivity index (χ4n) is 2.67. The van der Waals surface area contributed by atoms with E-state index in [9.17, 15) is 9.36 Å². The Morgan fingerprint density at radius 3 is 2.26 bits per heavy atom. The lowest BCUT2D eigenvalue weighted by molar-refractivity contribution is -0.116. The number of hydrogen-bond acceptors (Lipinski definition) is 5. The van der Waals surface area contributed by atoms with E-state index in [0.29, 0.717) is 6.42 Å². The number of carbonyl (C=O) groups excluding carboxylic acids is 1. The molecule has 0 saturated carbocycles. The van der Waals surface area contributed by atoms with Gasteiger partial charge in [0.1, 0.15) is 0 Å². The molecule has 0 aliphatic carbocycles. The molecule has 1 aromatic carbocycles. The van der Waals surface area contributed by atoms with Gasteiger partial charge in [0.25, 0.3) is 0 Å². The lowest BCUT2D eigenvalue weighted by Crippen LogP contribution is -2.30. The summed E-state index contributed by atoms with van der Waals surface area (Å²) in [4.78, 5) is 13.0. The number of unbranched alkanes of at least 4 members (excludes halogenated alkanes) is 3. The van der Waals surface area contributed by atoms with E-state index in [1.54, 1.807) is 26.0 Å². The first-order chi connectivity index (χ1) is 12.9. The maximum Gasteiger partial charge on any atom is 0.390 e. The summed E-state index contributed by atoms with van der Waals surface area (Å²) in [6.45, 7) is 4.75. The van der Waals surface area contributed by atoms with Gasteiger partial charge in [-0.25, -0.2) is 4.57 Å². The maximum absolute atomic E-state index is 13.0. The van der Waals surface area contributed by atoms with Gasteiger partial charge in [0.05, 0.1) is 18.0 Å². The lowest BCUT2D eigenvalue weighted by Gasteiger charge is -2.29. The third-order valence-corrected chi connectivity index (χ3v) is 8.84. The van der Waals surface area contributed by atoms with E-state index in [1.165, 1.54) is 0 Å². The van der Waals surface area contributed by atoms with Crippen molar-refractivity contribution in [3.63, 3.8) is 0 Å². The van der Waals surface area contributed by atoms with Crippen LogP contribution < -0.4 is 0 Å². The van der Waals surface area contributed by atoms with Crippen LogP contribution in [0.3, 0.4) is 0 Å². The molecule has 0 bridgehead atoms. The monoisotopic (exact) mass is 412 g/mol. The molecule has 1 aromatic rings. The van der Waals surface area contributed by atoms with Gasteiger partial charge >= 0.3 is 6.80 Å². The number of carbonyl (C=O) groups is 1. The molecular weight excluding hydrogens is 379 g/mol. The number of hydrogen-bond donors (Lipinski definition) is 0. The molecule has 0 spiro atoms. The van der Waals surface area contributed by atoms with Crippen molar-refractivity contribution in [3.05, 3.63) is 42.0 Å². The van der Waals surface area contributed by atoms with E-state index >= 15 is 0 Å².